The van der Waals surface area contributed by atoms with Crippen LogP contribution < -0.4 is 5.32 Å². The van der Waals surface area contributed by atoms with Gasteiger partial charge in [0.2, 0.25) is 0 Å². The monoisotopic (exact) mass is 329 g/mol. The van der Waals surface area contributed by atoms with E-state index in [4.69, 9.17) is 23.2 Å². The number of aromatic nitrogens is 2. The molecule has 1 atom stereocenters. The molecule has 0 spiro atoms. The first-order chi connectivity index (χ1) is 9.25. The molecule has 108 valence electrons. The molecule has 20 heavy (non-hydrogen) atoms. The number of rotatable bonds is 3. The van der Waals surface area contributed by atoms with Gasteiger partial charge < -0.3 is 5.32 Å². The summed E-state index contributed by atoms with van der Waals surface area (Å²) in [6, 6.07) is 5.76. The molecule has 0 saturated carbocycles. The molecule has 0 aromatic carbocycles. The number of hydrogen-bond acceptors (Lipinski definition) is 4. The Morgan fingerprint density at radius 2 is 1.90 bits per heavy atom. The van der Waals surface area contributed by atoms with Crippen molar-refractivity contribution in [2.45, 2.75) is 39.2 Å². The number of nitrogens with one attached hydrogen (secondary N) is 1. The highest BCUT2D eigenvalue weighted by Crippen LogP contribution is 2.29. The third kappa shape index (κ3) is 3.84. The summed E-state index contributed by atoms with van der Waals surface area (Å²) in [5.74, 6) is 1.45. The van der Waals surface area contributed by atoms with Gasteiger partial charge in [0.05, 0.1) is 10.4 Å². The number of anilines is 1. The summed E-state index contributed by atoms with van der Waals surface area (Å²) in [4.78, 5) is 9.98. The summed E-state index contributed by atoms with van der Waals surface area (Å²) in [5.41, 5.74) is -0.142. The third-order valence-electron chi connectivity index (χ3n) is 2.75. The standard InChI is InChI=1S/C14H17Cl2N3S/c1-8(9-5-6-11(16)20-9)17-12-7-10(15)18-13(19-12)14(2,3)4/h5-8H,1-4H3,(H,17,18,19). The van der Waals surface area contributed by atoms with E-state index in [-0.39, 0.29) is 11.5 Å². The molecule has 6 heteroatoms. The van der Waals surface area contributed by atoms with Gasteiger partial charge in [-0.15, -0.1) is 11.3 Å². The minimum atomic E-state index is -0.142. The van der Waals surface area contributed by atoms with Crippen LogP contribution >= 0.6 is 34.5 Å². The second kappa shape index (κ2) is 5.88. The Bertz CT molecular complexity index is 605. The van der Waals surface area contributed by atoms with Gasteiger partial charge in [-0.05, 0) is 19.1 Å². The fourth-order valence-electron chi connectivity index (χ4n) is 1.68. The average Bonchev–Trinajstić information content (AvgIpc) is 2.74. The highest BCUT2D eigenvalue weighted by atomic mass is 35.5. The van der Waals surface area contributed by atoms with E-state index in [0.717, 1.165) is 20.9 Å². The molecule has 0 amide bonds. The number of halogens is 2. The molecule has 1 N–H and O–H groups in total. The van der Waals surface area contributed by atoms with Crippen molar-refractivity contribution in [2.24, 2.45) is 0 Å². The van der Waals surface area contributed by atoms with E-state index in [1.165, 1.54) is 0 Å². The summed E-state index contributed by atoms with van der Waals surface area (Å²) in [7, 11) is 0. The lowest BCUT2D eigenvalue weighted by Gasteiger charge is -2.19. The topological polar surface area (TPSA) is 37.8 Å². The zero-order valence-electron chi connectivity index (χ0n) is 11.9. The molecule has 0 saturated heterocycles. The van der Waals surface area contributed by atoms with Gasteiger partial charge in [0.25, 0.3) is 0 Å². The van der Waals surface area contributed by atoms with E-state index in [1.54, 1.807) is 17.4 Å². The number of thiophene rings is 1. The lowest BCUT2D eigenvalue weighted by molar-refractivity contribution is 0.545. The largest absolute Gasteiger partial charge is 0.363 e. The van der Waals surface area contributed by atoms with Crippen molar-refractivity contribution in [2.75, 3.05) is 5.32 Å². The maximum atomic E-state index is 6.08. The van der Waals surface area contributed by atoms with Gasteiger partial charge in [-0.2, -0.15) is 0 Å². The smallest absolute Gasteiger partial charge is 0.137 e. The minimum absolute atomic E-state index is 0.117. The van der Waals surface area contributed by atoms with Crippen LogP contribution in [0.25, 0.3) is 0 Å². The zero-order valence-corrected chi connectivity index (χ0v) is 14.2. The number of nitrogens with zero attached hydrogens (tertiary/aromatic N) is 2. The fraction of sp³-hybridized carbons (Fsp3) is 0.429. The van der Waals surface area contributed by atoms with Crippen LogP contribution in [0.2, 0.25) is 9.49 Å². The average molecular weight is 330 g/mol. The van der Waals surface area contributed by atoms with Crippen LogP contribution in [0.5, 0.6) is 0 Å². The predicted octanol–water partition coefficient (Wildman–Crippen LogP) is 5.32. The van der Waals surface area contributed by atoms with Crippen molar-refractivity contribution in [3.05, 3.63) is 38.4 Å². The van der Waals surface area contributed by atoms with Gasteiger partial charge in [-0.3, -0.25) is 0 Å². The van der Waals surface area contributed by atoms with Crippen LogP contribution in [0.4, 0.5) is 5.82 Å². The first-order valence-electron chi connectivity index (χ1n) is 6.32. The predicted molar refractivity (Wildman–Crippen MR) is 87.1 cm³/mol. The van der Waals surface area contributed by atoms with E-state index in [1.807, 2.05) is 12.1 Å². The Hall–Kier alpha value is -0.840. The molecule has 0 bridgehead atoms. The minimum Gasteiger partial charge on any atom is -0.363 e. The molecule has 2 heterocycles. The molecule has 0 aliphatic carbocycles. The van der Waals surface area contributed by atoms with Gasteiger partial charge in [-0.25, -0.2) is 9.97 Å². The van der Waals surface area contributed by atoms with Gasteiger partial charge in [0.1, 0.15) is 16.8 Å². The van der Waals surface area contributed by atoms with E-state index in [9.17, 15) is 0 Å². The Labute approximate surface area is 133 Å². The molecule has 0 fully saturated rings. The van der Waals surface area contributed by atoms with Gasteiger partial charge in [0, 0.05) is 16.4 Å². The van der Waals surface area contributed by atoms with E-state index < -0.39 is 0 Å². The Balaban J connectivity index is 2.23. The fourth-order valence-corrected chi connectivity index (χ4v) is 2.93. The lowest BCUT2D eigenvalue weighted by Crippen LogP contribution is -2.18. The van der Waals surface area contributed by atoms with E-state index in [2.05, 4.69) is 43.0 Å². The SMILES string of the molecule is CC(Nc1cc(Cl)nc(C(C)(C)C)n1)c1ccc(Cl)s1. The van der Waals surface area contributed by atoms with E-state index >= 15 is 0 Å². The summed E-state index contributed by atoms with van der Waals surface area (Å²) >= 11 is 13.6. The molecule has 1 unspecified atom stereocenters. The Morgan fingerprint density at radius 1 is 1.20 bits per heavy atom. The Kier molecular flexibility index (Phi) is 4.57. The second-order valence-electron chi connectivity index (χ2n) is 5.66. The quantitative estimate of drug-likeness (QED) is 0.775. The highest BCUT2D eigenvalue weighted by molar-refractivity contribution is 7.16. The van der Waals surface area contributed by atoms with Crippen molar-refractivity contribution < 1.29 is 0 Å². The molecule has 2 rings (SSSR count). The summed E-state index contributed by atoms with van der Waals surface area (Å²) in [6.45, 7) is 8.25. The van der Waals surface area contributed by atoms with Crippen molar-refractivity contribution in [3.63, 3.8) is 0 Å². The third-order valence-corrected chi connectivity index (χ3v) is 4.36. The molecule has 0 radical (unpaired) electrons. The Morgan fingerprint density at radius 3 is 2.45 bits per heavy atom. The molecule has 3 nitrogen and oxygen atoms in total. The first kappa shape index (κ1) is 15.5. The summed E-state index contributed by atoms with van der Waals surface area (Å²) < 4.78 is 0.782. The second-order valence-corrected chi connectivity index (χ2v) is 7.79. The molecule has 2 aromatic heterocycles. The molecule has 2 aromatic rings. The van der Waals surface area contributed by atoms with Crippen LogP contribution in [0.1, 0.15) is 44.4 Å². The van der Waals surface area contributed by atoms with Crippen LogP contribution in [0.3, 0.4) is 0 Å². The summed E-state index contributed by atoms with van der Waals surface area (Å²) in [5, 5.41) is 3.79. The summed E-state index contributed by atoms with van der Waals surface area (Å²) in [6.07, 6.45) is 0. The zero-order chi connectivity index (χ0) is 14.9. The van der Waals surface area contributed by atoms with Gasteiger partial charge in [-0.1, -0.05) is 44.0 Å². The molecular formula is C14H17Cl2N3S. The van der Waals surface area contributed by atoms with Crippen molar-refractivity contribution in [1.82, 2.24) is 9.97 Å². The van der Waals surface area contributed by atoms with Crippen LogP contribution in [-0.4, -0.2) is 9.97 Å². The van der Waals surface area contributed by atoms with Crippen molar-refractivity contribution in [3.8, 4) is 0 Å². The number of hydrogen-bond donors (Lipinski definition) is 1. The molecule has 0 aliphatic rings. The van der Waals surface area contributed by atoms with Crippen molar-refractivity contribution >= 4 is 40.4 Å². The molecular weight excluding hydrogens is 313 g/mol. The van der Waals surface area contributed by atoms with E-state index in [0.29, 0.717) is 5.15 Å². The van der Waals surface area contributed by atoms with Crippen LogP contribution in [0.15, 0.2) is 18.2 Å². The highest BCUT2D eigenvalue weighted by Gasteiger charge is 2.19. The lowest BCUT2D eigenvalue weighted by atomic mass is 9.96. The maximum absolute atomic E-state index is 6.08. The van der Waals surface area contributed by atoms with Crippen molar-refractivity contribution in [1.29, 1.82) is 0 Å². The normalized spacial score (nSPS) is 13.3. The maximum Gasteiger partial charge on any atom is 0.137 e. The van der Waals surface area contributed by atoms with Gasteiger partial charge in [0.15, 0.2) is 0 Å². The molecule has 0 aliphatic heterocycles. The first-order valence-corrected chi connectivity index (χ1v) is 7.90. The van der Waals surface area contributed by atoms with Crippen LogP contribution in [-0.2, 0) is 5.41 Å². The van der Waals surface area contributed by atoms with Crippen LogP contribution in [0, 0.1) is 0 Å². The van der Waals surface area contributed by atoms with Gasteiger partial charge >= 0.3 is 0 Å².